The van der Waals surface area contributed by atoms with Gasteiger partial charge in [0.05, 0.1) is 0 Å². The lowest BCUT2D eigenvalue weighted by Gasteiger charge is -2.12. The fourth-order valence-corrected chi connectivity index (χ4v) is 2.64. The number of hydrogen-bond donors (Lipinski definition) is 1. The third-order valence-corrected chi connectivity index (χ3v) is 3.72. The van der Waals surface area contributed by atoms with Gasteiger partial charge >= 0.3 is 0 Å². The van der Waals surface area contributed by atoms with Crippen molar-refractivity contribution in [1.82, 2.24) is 0 Å². The first-order valence-electron chi connectivity index (χ1n) is 7.30. The number of halogens is 1. The van der Waals surface area contributed by atoms with Gasteiger partial charge in [-0.2, -0.15) is 0 Å². The number of hydrogen-bond acceptors (Lipinski definition) is 2. The molecule has 0 aliphatic carbocycles. The van der Waals surface area contributed by atoms with E-state index >= 15 is 0 Å². The summed E-state index contributed by atoms with van der Waals surface area (Å²) in [5.74, 6) is 0.336. The van der Waals surface area contributed by atoms with Crippen LogP contribution in [0.5, 0.6) is 11.5 Å². The summed E-state index contributed by atoms with van der Waals surface area (Å²) in [6.07, 6.45) is 0.529. The molecule has 1 N–H and O–H groups in total. The quantitative estimate of drug-likeness (QED) is 0.747. The first-order valence-corrected chi connectivity index (χ1v) is 7.30. The second-order valence-electron chi connectivity index (χ2n) is 5.19. The Labute approximate surface area is 128 Å². The van der Waals surface area contributed by atoms with Gasteiger partial charge in [0, 0.05) is 11.5 Å². The Morgan fingerprint density at radius 3 is 2.55 bits per heavy atom. The van der Waals surface area contributed by atoms with Crippen molar-refractivity contribution in [2.24, 2.45) is 0 Å². The molecule has 0 atom stereocenters. The van der Waals surface area contributed by atoms with Crippen molar-refractivity contribution in [3.63, 3.8) is 0 Å². The molecule has 3 aromatic rings. The van der Waals surface area contributed by atoms with E-state index in [2.05, 4.69) is 0 Å². The Morgan fingerprint density at radius 1 is 1.05 bits per heavy atom. The second kappa shape index (κ2) is 6.06. The van der Waals surface area contributed by atoms with E-state index in [9.17, 15) is 9.50 Å². The van der Waals surface area contributed by atoms with Crippen LogP contribution in [0.4, 0.5) is 4.39 Å². The number of rotatable bonds is 4. The molecule has 0 fully saturated rings. The smallest absolute Gasteiger partial charge is 0.127 e. The molecule has 3 heteroatoms. The van der Waals surface area contributed by atoms with Gasteiger partial charge in [-0.1, -0.05) is 43.3 Å². The van der Waals surface area contributed by atoms with Crippen LogP contribution in [0, 0.1) is 5.82 Å². The highest BCUT2D eigenvalue weighted by molar-refractivity contribution is 5.92. The standard InChI is InChI=1S/C19H17FO2/c1-2-16-17(20)9-8-14-10-15(11-18(21)19(14)16)22-12-13-6-4-3-5-7-13/h3-11,21H,2,12H2,1H3. The van der Waals surface area contributed by atoms with Crippen molar-refractivity contribution in [2.75, 3.05) is 0 Å². The molecule has 0 unspecified atom stereocenters. The molecule has 0 saturated carbocycles. The van der Waals surface area contributed by atoms with Crippen molar-refractivity contribution >= 4 is 10.8 Å². The monoisotopic (exact) mass is 296 g/mol. The summed E-state index contributed by atoms with van der Waals surface area (Å²) < 4.78 is 19.6. The maximum absolute atomic E-state index is 13.8. The van der Waals surface area contributed by atoms with Crippen molar-refractivity contribution in [3.8, 4) is 11.5 Å². The minimum Gasteiger partial charge on any atom is -0.507 e. The predicted octanol–water partition coefficient (Wildman–Crippen LogP) is 4.83. The lowest BCUT2D eigenvalue weighted by molar-refractivity contribution is 0.305. The molecule has 2 nitrogen and oxygen atoms in total. The number of benzene rings is 3. The average molecular weight is 296 g/mol. The lowest BCUT2D eigenvalue weighted by Crippen LogP contribution is -1.96. The van der Waals surface area contributed by atoms with Crippen LogP contribution < -0.4 is 4.74 Å². The summed E-state index contributed by atoms with van der Waals surface area (Å²) in [7, 11) is 0. The van der Waals surface area contributed by atoms with Crippen LogP contribution in [-0.2, 0) is 13.0 Å². The lowest BCUT2D eigenvalue weighted by atomic mass is 10.0. The highest BCUT2D eigenvalue weighted by Crippen LogP contribution is 2.34. The number of phenolic OH excluding ortho intramolecular Hbond substituents is 1. The van der Waals surface area contributed by atoms with Crippen LogP contribution in [0.15, 0.2) is 54.6 Å². The molecule has 0 spiro atoms. The summed E-state index contributed by atoms with van der Waals surface area (Å²) in [4.78, 5) is 0. The molecule has 0 saturated heterocycles. The van der Waals surface area contributed by atoms with Gasteiger partial charge in [-0.05, 0) is 35.1 Å². The van der Waals surface area contributed by atoms with E-state index in [1.165, 1.54) is 6.07 Å². The van der Waals surface area contributed by atoms with Gasteiger partial charge in [-0.3, -0.25) is 0 Å². The normalized spacial score (nSPS) is 10.8. The molecular weight excluding hydrogens is 279 g/mol. The van der Waals surface area contributed by atoms with Gasteiger partial charge in [0.15, 0.2) is 0 Å². The Kier molecular flexibility index (Phi) is 3.96. The van der Waals surface area contributed by atoms with E-state index in [0.29, 0.717) is 29.7 Å². The number of aryl methyl sites for hydroxylation is 1. The fraction of sp³-hybridized carbons (Fsp3) is 0.158. The molecule has 0 aliphatic rings. The summed E-state index contributed by atoms with van der Waals surface area (Å²) >= 11 is 0. The summed E-state index contributed by atoms with van der Waals surface area (Å²) in [6.45, 7) is 2.30. The van der Waals surface area contributed by atoms with Crippen LogP contribution >= 0.6 is 0 Å². The molecule has 0 amide bonds. The van der Waals surface area contributed by atoms with E-state index in [4.69, 9.17) is 4.74 Å². The molecular formula is C19H17FO2. The molecule has 0 radical (unpaired) electrons. The van der Waals surface area contributed by atoms with Gasteiger partial charge in [-0.25, -0.2) is 4.39 Å². The van der Waals surface area contributed by atoms with Crippen molar-refractivity contribution < 1.29 is 14.2 Å². The second-order valence-corrected chi connectivity index (χ2v) is 5.19. The van der Waals surface area contributed by atoms with E-state index in [-0.39, 0.29) is 11.6 Å². The molecule has 3 aromatic carbocycles. The first-order chi connectivity index (χ1) is 10.7. The van der Waals surface area contributed by atoms with Crippen LogP contribution in [0.25, 0.3) is 10.8 Å². The largest absolute Gasteiger partial charge is 0.507 e. The Hall–Kier alpha value is -2.55. The van der Waals surface area contributed by atoms with Crippen molar-refractivity contribution in [2.45, 2.75) is 20.0 Å². The van der Waals surface area contributed by atoms with Gasteiger partial charge in [-0.15, -0.1) is 0 Å². The number of fused-ring (bicyclic) bond motifs is 1. The van der Waals surface area contributed by atoms with Crippen LogP contribution in [0.3, 0.4) is 0 Å². The average Bonchev–Trinajstić information content (AvgIpc) is 2.54. The topological polar surface area (TPSA) is 29.5 Å². The van der Waals surface area contributed by atoms with Crippen LogP contribution in [0.1, 0.15) is 18.1 Å². The van der Waals surface area contributed by atoms with Crippen molar-refractivity contribution in [3.05, 3.63) is 71.5 Å². The molecule has 3 rings (SSSR count). The third-order valence-electron chi connectivity index (χ3n) is 3.72. The summed E-state index contributed by atoms with van der Waals surface area (Å²) in [5, 5.41) is 11.6. The van der Waals surface area contributed by atoms with Gasteiger partial charge < -0.3 is 9.84 Å². The highest BCUT2D eigenvalue weighted by Gasteiger charge is 2.11. The number of aromatic hydroxyl groups is 1. The Bertz CT molecular complexity index is 797. The molecule has 0 heterocycles. The zero-order valence-electron chi connectivity index (χ0n) is 12.3. The predicted molar refractivity (Wildman–Crippen MR) is 85.7 cm³/mol. The molecule has 0 aromatic heterocycles. The zero-order chi connectivity index (χ0) is 15.5. The maximum Gasteiger partial charge on any atom is 0.127 e. The van der Waals surface area contributed by atoms with Crippen LogP contribution in [0.2, 0.25) is 0 Å². The summed E-state index contributed by atoms with van der Waals surface area (Å²) in [6, 6.07) is 16.3. The zero-order valence-corrected chi connectivity index (χ0v) is 12.3. The third kappa shape index (κ3) is 2.75. The minimum atomic E-state index is -0.289. The summed E-state index contributed by atoms with van der Waals surface area (Å²) in [5.41, 5.74) is 1.58. The van der Waals surface area contributed by atoms with E-state index in [1.807, 2.05) is 43.3 Å². The molecule has 0 bridgehead atoms. The van der Waals surface area contributed by atoms with E-state index < -0.39 is 0 Å². The molecule has 112 valence electrons. The Balaban J connectivity index is 1.94. The fourth-order valence-electron chi connectivity index (χ4n) is 2.64. The van der Waals surface area contributed by atoms with Gasteiger partial charge in [0.2, 0.25) is 0 Å². The first kappa shape index (κ1) is 14.4. The van der Waals surface area contributed by atoms with Gasteiger partial charge in [0.1, 0.15) is 23.9 Å². The SMILES string of the molecule is CCc1c(F)ccc2cc(OCc3ccccc3)cc(O)c12. The minimum absolute atomic E-state index is 0.0527. The highest BCUT2D eigenvalue weighted by atomic mass is 19.1. The van der Waals surface area contributed by atoms with E-state index in [0.717, 1.165) is 10.9 Å². The van der Waals surface area contributed by atoms with E-state index in [1.54, 1.807) is 12.1 Å². The van der Waals surface area contributed by atoms with Crippen LogP contribution in [-0.4, -0.2) is 5.11 Å². The maximum atomic E-state index is 13.8. The number of ether oxygens (including phenoxy) is 1. The van der Waals surface area contributed by atoms with Gasteiger partial charge in [0.25, 0.3) is 0 Å². The van der Waals surface area contributed by atoms with Crippen molar-refractivity contribution in [1.29, 1.82) is 0 Å². The molecule has 22 heavy (non-hydrogen) atoms. The Morgan fingerprint density at radius 2 is 1.82 bits per heavy atom. The number of phenols is 1. The molecule has 0 aliphatic heterocycles.